The van der Waals surface area contributed by atoms with Gasteiger partial charge in [0.05, 0.1) is 18.4 Å². The van der Waals surface area contributed by atoms with Crippen molar-refractivity contribution in [1.82, 2.24) is 0 Å². The monoisotopic (exact) mass is 279 g/mol. The number of carbonyl (C=O) groups excluding carboxylic acids is 2. The van der Waals surface area contributed by atoms with Crippen LogP contribution >= 0.6 is 0 Å². The van der Waals surface area contributed by atoms with Gasteiger partial charge >= 0.3 is 12.1 Å². The summed E-state index contributed by atoms with van der Waals surface area (Å²) >= 11 is 0. The van der Waals surface area contributed by atoms with E-state index in [1.54, 1.807) is 32.9 Å². The molecule has 0 aliphatic carbocycles. The van der Waals surface area contributed by atoms with Gasteiger partial charge in [0, 0.05) is 0 Å². The standard InChI is InChI=1S/C15H21NO4/c1-9-7-11(13(17)19-6)12(8-10(9)2)16-14(18)20-15(3,4)5/h7-8H,1-6H3,(H,16,18). The Morgan fingerprint density at radius 2 is 1.65 bits per heavy atom. The normalized spacial score (nSPS) is 10.9. The van der Waals surface area contributed by atoms with Gasteiger partial charge in [-0.05, 0) is 57.9 Å². The molecule has 0 heterocycles. The number of esters is 1. The van der Waals surface area contributed by atoms with Crippen LogP contribution in [-0.2, 0) is 9.47 Å². The van der Waals surface area contributed by atoms with Gasteiger partial charge in [0.1, 0.15) is 5.60 Å². The van der Waals surface area contributed by atoms with Gasteiger partial charge in [-0.1, -0.05) is 0 Å². The summed E-state index contributed by atoms with van der Waals surface area (Å²) in [6.07, 6.45) is -0.606. The molecule has 5 heteroatoms. The second kappa shape index (κ2) is 5.94. The Morgan fingerprint density at radius 1 is 1.10 bits per heavy atom. The molecular formula is C15H21NO4. The van der Waals surface area contributed by atoms with E-state index in [0.717, 1.165) is 11.1 Å². The molecule has 0 fully saturated rings. The molecular weight excluding hydrogens is 258 g/mol. The fourth-order valence-corrected chi connectivity index (χ4v) is 1.61. The highest BCUT2D eigenvalue weighted by molar-refractivity contribution is 6.00. The first-order valence-electron chi connectivity index (χ1n) is 6.33. The van der Waals surface area contributed by atoms with Crippen molar-refractivity contribution in [3.63, 3.8) is 0 Å². The van der Waals surface area contributed by atoms with Gasteiger partial charge in [0.2, 0.25) is 0 Å². The molecule has 110 valence electrons. The summed E-state index contributed by atoms with van der Waals surface area (Å²) < 4.78 is 9.90. The topological polar surface area (TPSA) is 64.6 Å². The molecule has 0 saturated carbocycles. The van der Waals surface area contributed by atoms with Gasteiger partial charge < -0.3 is 9.47 Å². The molecule has 0 aliphatic rings. The summed E-state index contributed by atoms with van der Waals surface area (Å²) in [4.78, 5) is 23.6. The lowest BCUT2D eigenvalue weighted by molar-refractivity contribution is 0.0601. The van der Waals surface area contributed by atoms with E-state index in [1.165, 1.54) is 7.11 Å². The lowest BCUT2D eigenvalue weighted by Gasteiger charge is -2.20. The molecule has 1 aromatic carbocycles. The van der Waals surface area contributed by atoms with Crippen molar-refractivity contribution >= 4 is 17.7 Å². The fraction of sp³-hybridized carbons (Fsp3) is 0.467. The summed E-state index contributed by atoms with van der Waals surface area (Å²) in [5, 5.41) is 2.59. The Bertz CT molecular complexity index is 529. The number of nitrogens with one attached hydrogen (secondary N) is 1. The second-order valence-electron chi connectivity index (χ2n) is 5.60. The summed E-state index contributed by atoms with van der Waals surface area (Å²) in [6, 6.07) is 3.42. The zero-order chi connectivity index (χ0) is 15.5. The van der Waals surface area contributed by atoms with Gasteiger partial charge in [-0.2, -0.15) is 0 Å². The Hall–Kier alpha value is -2.04. The van der Waals surface area contributed by atoms with Crippen LogP contribution in [-0.4, -0.2) is 24.8 Å². The van der Waals surface area contributed by atoms with Crippen LogP contribution in [0.25, 0.3) is 0 Å². The molecule has 5 nitrogen and oxygen atoms in total. The van der Waals surface area contributed by atoms with Crippen molar-refractivity contribution in [2.24, 2.45) is 0 Å². The molecule has 1 rings (SSSR count). The van der Waals surface area contributed by atoms with Gasteiger partial charge in [0.15, 0.2) is 0 Å². The molecule has 0 unspecified atom stereocenters. The zero-order valence-electron chi connectivity index (χ0n) is 12.8. The number of hydrogen-bond acceptors (Lipinski definition) is 4. The predicted octanol–water partition coefficient (Wildman–Crippen LogP) is 3.44. The van der Waals surface area contributed by atoms with Crippen LogP contribution in [0.5, 0.6) is 0 Å². The molecule has 0 radical (unpaired) electrons. The van der Waals surface area contributed by atoms with Crippen LogP contribution in [0.1, 0.15) is 42.3 Å². The van der Waals surface area contributed by atoms with Gasteiger partial charge in [-0.3, -0.25) is 5.32 Å². The van der Waals surface area contributed by atoms with Crippen molar-refractivity contribution < 1.29 is 19.1 Å². The van der Waals surface area contributed by atoms with Crippen molar-refractivity contribution in [1.29, 1.82) is 0 Å². The van der Waals surface area contributed by atoms with Crippen molar-refractivity contribution in [3.05, 3.63) is 28.8 Å². The highest BCUT2D eigenvalue weighted by Crippen LogP contribution is 2.22. The first-order chi connectivity index (χ1) is 9.14. The summed E-state index contributed by atoms with van der Waals surface area (Å²) in [5.41, 5.74) is 1.99. The van der Waals surface area contributed by atoms with E-state index in [-0.39, 0.29) is 0 Å². The molecule has 0 bridgehead atoms. The second-order valence-corrected chi connectivity index (χ2v) is 5.60. The van der Waals surface area contributed by atoms with E-state index in [2.05, 4.69) is 5.32 Å². The van der Waals surface area contributed by atoms with Gasteiger partial charge in [0.25, 0.3) is 0 Å². The Kier molecular flexibility index (Phi) is 4.76. The van der Waals surface area contributed by atoms with E-state index < -0.39 is 17.7 Å². The maximum atomic E-state index is 11.8. The Labute approximate surface area is 119 Å². The SMILES string of the molecule is COC(=O)c1cc(C)c(C)cc1NC(=O)OC(C)(C)C. The van der Waals surface area contributed by atoms with E-state index >= 15 is 0 Å². The van der Waals surface area contributed by atoms with Crippen molar-refractivity contribution in [2.45, 2.75) is 40.2 Å². The Morgan fingerprint density at radius 3 is 2.15 bits per heavy atom. The number of amides is 1. The number of aryl methyl sites for hydroxylation is 2. The summed E-state index contributed by atoms with van der Waals surface area (Å²) in [6.45, 7) is 9.10. The maximum absolute atomic E-state index is 11.8. The van der Waals surface area contributed by atoms with Crippen molar-refractivity contribution in [2.75, 3.05) is 12.4 Å². The molecule has 20 heavy (non-hydrogen) atoms. The number of benzene rings is 1. The van der Waals surface area contributed by atoms with Gasteiger partial charge in [-0.15, -0.1) is 0 Å². The molecule has 0 saturated heterocycles. The lowest BCUT2D eigenvalue weighted by atomic mass is 10.0. The molecule has 0 atom stereocenters. The molecule has 1 amide bonds. The number of methoxy groups -OCH3 is 1. The van der Waals surface area contributed by atoms with Crippen LogP contribution in [0.15, 0.2) is 12.1 Å². The maximum Gasteiger partial charge on any atom is 0.412 e. The molecule has 0 spiro atoms. The molecule has 1 aromatic rings. The molecule has 0 aromatic heterocycles. The third kappa shape index (κ3) is 4.26. The highest BCUT2D eigenvalue weighted by Gasteiger charge is 2.20. The van der Waals surface area contributed by atoms with Crippen molar-refractivity contribution in [3.8, 4) is 0 Å². The van der Waals surface area contributed by atoms with E-state index in [1.807, 2.05) is 13.8 Å². The van der Waals surface area contributed by atoms with E-state index in [9.17, 15) is 9.59 Å². The minimum Gasteiger partial charge on any atom is -0.465 e. The highest BCUT2D eigenvalue weighted by atomic mass is 16.6. The predicted molar refractivity (Wildman–Crippen MR) is 77.1 cm³/mol. The molecule has 1 N–H and O–H groups in total. The van der Waals surface area contributed by atoms with E-state index in [4.69, 9.17) is 9.47 Å². The number of ether oxygens (including phenoxy) is 2. The number of rotatable bonds is 2. The minimum atomic E-state index is -0.606. The van der Waals surface area contributed by atoms with Crippen LogP contribution < -0.4 is 5.32 Å². The first-order valence-corrected chi connectivity index (χ1v) is 6.33. The third-order valence-corrected chi connectivity index (χ3v) is 2.67. The summed E-state index contributed by atoms with van der Waals surface area (Å²) in [5.74, 6) is -0.501. The number of anilines is 1. The van der Waals surface area contributed by atoms with Gasteiger partial charge in [-0.25, -0.2) is 9.59 Å². The number of carbonyl (C=O) groups is 2. The van der Waals surface area contributed by atoms with Crippen LogP contribution in [0.3, 0.4) is 0 Å². The minimum absolute atomic E-state index is 0.307. The van der Waals surface area contributed by atoms with Crippen LogP contribution in [0.2, 0.25) is 0 Å². The smallest absolute Gasteiger partial charge is 0.412 e. The number of hydrogen-bond donors (Lipinski definition) is 1. The van der Waals surface area contributed by atoms with Crippen LogP contribution in [0, 0.1) is 13.8 Å². The summed E-state index contributed by atoms with van der Waals surface area (Å²) in [7, 11) is 1.30. The van der Waals surface area contributed by atoms with E-state index in [0.29, 0.717) is 11.3 Å². The van der Waals surface area contributed by atoms with Crippen LogP contribution in [0.4, 0.5) is 10.5 Å². The average molecular weight is 279 g/mol. The largest absolute Gasteiger partial charge is 0.465 e. The zero-order valence-corrected chi connectivity index (χ0v) is 12.8. The quantitative estimate of drug-likeness (QED) is 0.842. The average Bonchev–Trinajstić information content (AvgIpc) is 2.30. The third-order valence-electron chi connectivity index (χ3n) is 2.67. The first kappa shape index (κ1) is 16.0. The molecule has 0 aliphatic heterocycles. The fourth-order valence-electron chi connectivity index (χ4n) is 1.61. The Balaban J connectivity index is 3.07. The lowest BCUT2D eigenvalue weighted by Crippen LogP contribution is -2.28.